The van der Waals surface area contributed by atoms with E-state index in [4.69, 9.17) is 15.9 Å². The summed E-state index contributed by atoms with van der Waals surface area (Å²) < 4.78 is 0. The maximum Gasteiger partial charge on any atom is 0.328 e. The fourth-order valence-electron chi connectivity index (χ4n) is 1.97. The molecule has 0 aliphatic carbocycles. The molecule has 8 N–H and O–H groups in total. The van der Waals surface area contributed by atoms with Crippen LogP contribution in [0.3, 0.4) is 0 Å². The number of carboxylic acids is 2. The highest BCUT2D eigenvalue weighted by Gasteiger charge is 2.31. The van der Waals surface area contributed by atoms with Gasteiger partial charge in [0.2, 0.25) is 17.7 Å². The van der Waals surface area contributed by atoms with Gasteiger partial charge in [0, 0.05) is 0 Å². The van der Waals surface area contributed by atoms with E-state index in [1.807, 2.05) is 0 Å². The summed E-state index contributed by atoms with van der Waals surface area (Å²) in [6, 6.07) is -4.01. The van der Waals surface area contributed by atoms with E-state index >= 15 is 0 Å². The number of hydrogen-bond donors (Lipinski definition) is 7. The maximum atomic E-state index is 12.2. The van der Waals surface area contributed by atoms with Gasteiger partial charge in [-0.3, -0.25) is 19.2 Å². The summed E-state index contributed by atoms with van der Waals surface area (Å²) in [6.07, 6.45) is -1.97. The zero-order chi connectivity index (χ0) is 21.3. The molecule has 3 amide bonds. The molecule has 27 heavy (non-hydrogen) atoms. The molecule has 0 aromatic carbocycles. The number of aliphatic hydroxyl groups is 1. The lowest BCUT2D eigenvalue weighted by molar-refractivity contribution is -0.145. The van der Waals surface area contributed by atoms with Crippen molar-refractivity contribution in [1.29, 1.82) is 0 Å². The molecule has 0 bridgehead atoms. The number of hydrogen-bond acceptors (Lipinski definition) is 7. The largest absolute Gasteiger partial charge is 0.481 e. The second-order valence-corrected chi connectivity index (χ2v) is 6.28. The molecule has 0 saturated carbocycles. The van der Waals surface area contributed by atoms with Gasteiger partial charge in [-0.05, 0) is 12.8 Å². The Morgan fingerprint density at radius 3 is 1.89 bits per heavy atom. The molecule has 0 rings (SSSR count). The smallest absolute Gasteiger partial charge is 0.328 e. The Bertz CT molecular complexity index is 578. The third-order valence-corrected chi connectivity index (χ3v) is 3.47. The highest BCUT2D eigenvalue weighted by Crippen LogP contribution is 2.04. The van der Waals surface area contributed by atoms with Crippen LogP contribution >= 0.6 is 0 Å². The van der Waals surface area contributed by atoms with E-state index in [0.717, 1.165) is 0 Å². The molecule has 0 aliphatic heterocycles. The van der Waals surface area contributed by atoms with Crippen LogP contribution in [-0.2, 0) is 24.0 Å². The lowest BCUT2D eigenvalue weighted by atomic mass is 10.0. The van der Waals surface area contributed by atoms with Crippen molar-refractivity contribution in [1.82, 2.24) is 16.0 Å². The molecule has 0 radical (unpaired) electrons. The van der Waals surface area contributed by atoms with Gasteiger partial charge in [-0.1, -0.05) is 13.8 Å². The number of nitrogens with two attached hydrogens (primary N) is 1. The summed E-state index contributed by atoms with van der Waals surface area (Å²) in [4.78, 5) is 57.3. The van der Waals surface area contributed by atoms with Crippen LogP contribution in [0.25, 0.3) is 0 Å². The molecule has 4 atom stereocenters. The second kappa shape index (κ2) is 11.1. The summed E-state index contributed by atoms with van der Waals surface area (Å²) >= 11 is 0. The fourth-order valence-corrected chi connectivity index (χ4v) is 1.97. The summed E-state index contributed by atoms with van der Waals surface area (Å²) in [5, 5.41) is 33.6. The first-order valence-corrected chi connectivity index (χ1v) is 8.12. The highest BCUT2D eigenvalue weighted by atomic mass is 16.4. The van der Waals surface area contributed by atoms with Crippen LogP contribution in [0, 0.1) is 5.92 Å². The van der Waals surface area contributed by atoms with E-state index < -0.39 is 72.8 Å². The summed E-state index contributed by atoms with van der Waals surface area (Å²) in [6.45, 7) is 3.84. The summed E-state index contributed by atoms with van der Waals surface area (Å²) in [5.41, 5.74) is 5.35. The van der Waals surface area contributed by atoms with Crippen LogP contribution in [0.15, 0.2) is 0 Å². The SMILES string of the molecule is CC(C)C(NC(=O)CNC(=O)C(N)CC(=O)O)C(=O)NC(C(=O)O)C(C)O. The van der Waals surface area contributed by atoms with Crippen LogP contribution < -0.4 is 21.7 Å². The topological polar surface area (TPSA) is 208 Å². The predicted molar refractivity (Wildman–Crippen MR) is 91.3 cm³/mol. The summed E-state index contributed by atoms with van der Waals surface area (Å²) in [7, 11) is 0. The van der Waals surface area contributed by atoms with Crippen molar-refractivity contribution in [2.75, 3.05) is 6.54 Å². The van der Waals surface area contributed by atoms with Crippen molar-refractivity contribution in [2.24, 2.45) is 11.7 Å². The van der Waals surface area contributed by atoms with Gasteiger partial charge < -0.3 is 37.0 Å². The molecule has 4 unspecified atom stereocenters. The van der Waals surface area contributed by atoms with E-state index in [0.29, 0.717) is 0 Å². The number of aliphatic hydroxyl groups excluding tert-OH is 1. The average Bonchev–Trinajstić information content (AvgIpc) is 2.53. The Kier molecular flexibility index (Phi) is 9.96. The number of carbonyl (C=O) groups excluding carboxylic acids is 3. The molecular formula is C15H26N4O8. The zero-order valence-electron chi connectivity index (χ0n) is 15.3. The number of carboxylic acid groups (broad SMARTS) is 2. The van der Waals surface area contributed by atoms with Crippen molar-refractivity contribution in [2.45, 2.75) is 51.4 Å². The molecule has 154 valence electrons. The van der Waals surface area contributed by atoms with Gasteiger partial charge >= 0.3 is 11.9 Å². The van der Waals surface area contributed by atoms with Crippen molar-refractivity contribution in [3.63, 3.8) is 0 Å². The zero-order valence-corrected chi connectivity index (χ0v) is 15.3. The number of rotatable bonds is 11. The van der Waals surface area contributed by atoms with Crippen molar-refractivity contribution >= 4 is 29.7 Å². The van der Waals surface area contributed by atoms with Gasteiger partial charge in [0.25, 0.3) is 0 Å². The van der Waals surface area contributed by atoms with E-state index in [-0.39, 0.29) is 0 Å². The minimum absolute atomic E-state index is 0.428. The fraction of sp³-hybridized carbons (Fsp3) is 0.667. The van der Waals surface area contributed by atoms with E-state index in [1.54, 1.807) is 13.8 Å². The number of aliphatic carboxylic acids is 2. The molecule has 0 saturated heterocycles. The van der Waals surface area contributed by atoms with Gasteiger partial charge in [0.15, 0.2) is 6.04 Å². The molecular weight excluding hydrogens is 364 g/mol. The predicted octanol–water partition coefficient (Wildman–Crippen LogP) is -3.00. The number of amides is 3. The minimum atomic E-state index is -1.55. The molecule has 0 aliphatic rings. The molecule has 0 aromatic rings. The molecule has 0 spiro atoms. The Balaban J connectivity index is 4.79. The third kappa shape index (κ3) is 8.96. The van der Waals surface area contributed by atoms with E-state index in [2.05, 4.69) is 16.0 Å². The third-order valence-electron chi connectivity index (χ3n) is 3.47. The molecule has 12 heteroatoms. The van der Waals surface area contributed by atoms with Gasteiger partial charge in [-0.2, -0.15) is 0 Å². The standard InChI is InChI=1S/C15H26N4O8/c1-6(2)11(14(25)19-12(7(3)20)15(26)27)18-9(21)5-17-13(24)8(16)4-10(22)23/h6-8,11-12,20H,4-5,16H2,1-3H3,(H,17,24)(H,18,21)(H,19,25)(H,22,23)(H,26,27). The minimum Gasteiger partial charge on any atom is -0.481 e. The molecule has 12 nitrogen and oxygen atoms in total. The molecule has 0 aromatic heterocycles. The van der Waals surface area contributed by atoms with Crippen LogP contribution in [0.1, 0.15) is 27.2 Å². The van der Waals surface area contributed by atoms with E-state index in [9.17, 15) is 29.1 Å². The van der Waals surface area contributed by atoms with Gasteiger partial charge in [0.05, 0.1) is 25.1 Å². The number of carbonyl (C=O) groups is 5. The van der Waals surface area contributed by atoms with E-state index in [1.165, 1.54) is 6.92 Å². The average molecular weight is 390 g/mol. The first kappa shape index (κ1) is 24.3. The van der Waals surface area contributed by atoms with Crippen molar-refractivity contribution < 1.29 is 39.3 Å². The first-order chi connectivity index (χ1) is 12.4. The van der Waals surface area contributed by atoms with Gasteiger partial charge in [0.1, 0.15) is 6.04 Å². The molecule has 0 heterocycles. The Morgan fingerprint density at radius 2 is 1.48 bits per heavy atom. The highest BCUT2D eigenvalue weighted by molar-refractivity contribution is 5.93. The first-order valence-electron chi connectivity index (χ1n) is 8.12. The number of nitrogens with one attached hydrogen (secondary N) is 3. The van der Waals surface area contributed by atoms with Crippen molar-refractivity contribution in [3.8, 4) is 0 Å². The Morgan fingerprint density at radius 1 is 0.926 bits per heavy atom. The summed E-state index contributed by atoms with van der Waals surface area (Å²) in [5.74, 6) is -5.57. The van der Waals surface area contributed by atoms with Crippen LogP contribution in [-0.4, -0.2) is 75.8 Å². The van der Waals surface area contributed by atoms with Gasteiger partial charge in [-0.25, -0.2) is 4.79 Å². The lowest BCUT2D eigenvalue weighted by Crippen LogP contribution is -2.57. The van der Waals surface area contributed by atoms with Crippen LogP contribution in [0.2, 0.25) is 0 Å². The Labute approximate surface area is 155 Å². The quantitative estimate of drug-likeness (QED) is 0.191. The normalized spacial score (nSPS) is 15.2. The van der Waals surface area contributed by atoms with Crippen molar-refractivity contribution in [3.05, 3.63) is 0 Å². The molecule has 0 fully saturated rings. The monoisotopic (exact) mass is 390 g/mol. The van der Waals surface area contributed by atoms with Crippen LogP contribution in [0.4, 0.5) is 0 Å². The lowest BCUT2D eigenvalue weighted by Gasteiger charge is -2.25. The Hall–Kier alpha value is -2.73. The van der Waals surface area contributed by atoms with Gasteiger partial charge in [-0.15, -0.1) is 0 Å². The van der Waals surface area contributed by atoms with Crippen LogP contribution in [0.5, 0.6) is 0 Å². The second-order valence-electron chi connectivity index (χ2n) is 6.28. The maximum absolute atomic E-state index is 12.2.